The van der Waals surface area contributed by atoms with Crippen LogP contribution < -0.4 is 14.8 Å². The number of aliphatic hydroxyl groups excluding tert-OH is 1. The number of hydrogen-bond donors (Lipinski definition) is 2. The Balaban J connectivity index is 2.81. The Hall–Kier alpha value is -0.780. The average molecular weight is 346 g/mol. The van der Waals surface area contributed by atoms with E-state index in [1.807, 2.05) is 19.1 Å². The molecule has 20 heavy (non-hydrogen) atoms. The van der Waals surface area contributed by atoms with E-state index in [2.05, 4.69) is 28.2 Å². The molecule has 0 aliphatic rings. The Morgan fingerprint density at radius 3 is 2.65 bits per heavy atom. The number of benzene rings is 1. The van der Waals surface area contributed by atoms with Crippen molar-refractivity contribution in [1.82, 2.24) is 5.32 Å². The second-order valence-corrected chi connectivity index (χ2v) is 5.48. The summed E-state index contributed by atoms with van der Waals surface area (Å²) in [5, 5.41) is 12.5. The van der Waals surface area contributed by atoms with Crippen LogP contribution in [-0.2, 0) is 6.54 Å². The maximum Gasteiger partial charge on any atom is 0.175 e. The van der Waals surface area contributed by atoms with Gasteiger partial charge in [0.25, 0.3) is 0 Å². The molecule has 0 aliphatic heterocycles. The van der Waals surface area contributed by atoms with Gasteiger partial charge in [-0.1, -0.05) is 13.8 Å². The van der Waals surface area contributed by atoms with Crippen LogP contribution in [0.4, 0.5) is 0 Å². The summed E-state index contributed by atoms with van der Waals surface area (Å²) in [6, 6.07) is 4.10. The topological polar surface area (TPSA) is 50.7 Å². The third-order valence-corrected chi connectivity index (χ3v) is 3.64. The van der Waals surface area contributed by atoms with E-state index >= 15 is 0 Å². The summed E-state index contributed by atoms with van der Waals surface area (Å²) in [6.45, 7) is 5.61. The minimum absolute atomic E-state index is 0.121. The molecule has 1 aromatic carbocycles. The van der Waals surface area contributed by atoms with Gasteiger partial charge in [-0.05, 0) is 46.5 Å². The fourth-order valence-corrected chi connectivity index (χ4v) is 2.42. The highest BCUT2D eigenvalue weighted by atomic mass is 79.9. The maximum absolute atomic E-state index is 9.18. The molecule has 5 heteroatoms. The molecule has 1 rings (SSSR count). The third kappa shape index (κ3) is 4.96. The first-order valence-electron chi connectivity index (χ1n) is 6.99. The minimum Gasteiger partial charge on any atom is -0.493 e. The Bertz CT molecular complexity index is 408. The van der Waals surface area contributed by atoms with Crippen LogP contribution in [0, 0.1) is 0 Å². The summed E-state index contributed by atoms with van der Waals surface area (Å²) >= 11 is 3.53. The van der Waals surface area contributed by atoms with Crippen molar-refractivity contribution in [3.63, 3.8) is 0 Å². The molecule has 0 aromatic heterocycles. The fourth-order valence-electron chi connectivity index (χ4n) is 1.82. The molecule has 0 amide bonds. The van der Waals surface area contributed by atoms with Gasteiger partial charge >= 0.3 is 0 Å². The summed E-state index contributed by atoms with van der Waals surface area (Å²) in [7, 11) is 1.64. The van der Waals surface area contributed by atoms with Gasteiger partial charge in [0, 0.05) is 12.6 Å². The van der Waals surface area contributed by atoms with Gasteiger partial charge in [-0.2, -0.15) is 0 Å². The van der Waals surface area contributed by atoms with E-state index in [9.17, 15) is 5.11 Å². The predicted octanol–water partition coefficient (Wildman–Crippen LogP) is 3.11. The first-order valence-corrected chi connectivity index (χ1v) is 7.78. The van der Waals surface area contributed by atoms with Crippen molar-refractivity contribution in [3.05, 3.63) is 22.2 Å². The molecule has 0 saturated carbocycles. The number of halogens is 1. The second-order valence-electron chi connectivity index (χ2n) is 4.63. The van der Waals surface area contributed by atoms with Crippen LogP contribution in [0.2, 0.25) is 0 Å². The summed E-state index contributed by atoms with van der Waals surface area (Å²) in [5.41, 5.74) is 1.09. The minimum atomic E-state index is 0.121. The molecule has 0 saturated heterocycles. The number of nitrogens with one attached hydrogen (secondary N) is 1. The lowest BCUT2D eigenvalue weighted by atomic mass is 10.1. The van der Waals surface area contributed by atoms with Crippen LogP contribution in [0.3, 0.4) is 0 Å². The van der Waals surface area contributed by atoms with E-state index in [0.29, 0.717) is 13.2 Å². The molecule has 0 radical (unpaired) electrons. The maximum atomic E-state index is 9.18. The van der Waals surface area contributed by atoms with Gasteiger partial charge < -0.3 is 19.9 Å². The van der Waals surface area contributed by atoms with Gasteiger partial charge in [-0.3, -0.25) is 0 Å². The summed E-state index contributed by atoms with van der Waals surface area (Å²) < 4.78 is 12.0. The zero-order valence-corrected chi connectivity index (χ0v) is 14.0. The molecule has 0 aliphatic carbocycles. The highest BCUT2D eigenvalue weighted by molar-refractivity contribution is 9.10. The zero-order chi connectivity index (χ0) is 15.0. The number of methoxy groups -OCH3 is 1. The molecule has 0 unspecified atom stereocenters. The van der Waals surface area contributed by atoms with E-state index in [-0.39, 0.29) is 12.6 Å². The van der Waals surface area contributed by atoms with Crippen LogP contribution in [0.1, 0.15) is 32.3 Å². The van der Waals surface area contributed by atoms with E-state index in [4.69, 9.17) is 9.47 Å². The molecule has 0 bridgehead atoms. The quantitative estimate of drug-likeness (QED) is 0.721. The van der Waals surface area contributed by atoms with Gasteiger partial charge in [0.2, 0.25) is 0 Å². The van der Waals surface area contributed by atoms with Gasteiger partial charge in [0.15, 0.2) is 11.5 Å². The zero-order valence-electron chi connectivity index (χ0n) is 12.4. The van der Waals surface area contributed by atoms with Gasteiger partial charge in [-0.15, -0.1) is 0 Å². The summed E-state index contributed by atoms with van der Waals surface area (Å²) in [4.78, 5) is 0. The SMILES string of the molecule is CCCOc1c(Br)cc(CN[C@H](CC)CO)cc1OC. The molecule has 0 spiro atoms. The molecule has 4 nitrogen and oxygen atoms in total. The van der Waals surface area contributed by atoms with Gasteiger partial charge in [0.05, 0.1) is 24.8 Å². The first-order chi connectivity index (χ1) is 9.65. The normalized spacial score (nSPS) is 12.2. The molecule has 1 atom stereocenters. The van der Waals surface area contributed by atoms with Crippen molar-refractivity contribution < 1.29 is 14.6 Å². The molecular formula is C15H24BrNO3. The molecular weight excluding hydrogens is 322 g/mol. The van der Waals surface area contributed by atoms with E-state index in [1.165, 1.54) is 0 Å². The van der Waals surface area contributed by atoms with Crippen LogP contribution in [0.5, 0.6) is 11.5 Å². The van der Waals surface area contributed by atoms with Crippen molar-refractivity contribution in [1.29, 1.82) is 0 Å². The van der Waals surface area contributed by atoms with Crippen LogP contribution in [0.15, 0.2) is 16.6 Å². The number of hydrogen-bond acceptors (Lipinski definition) is 4. The van der Waals surface area contributed by atoms with Crippen molar-refractivity contribution >= 4 is 15.9 Å². The van der Waals surface area contributed by atoms with Crippen LogP contribution >= 0.6 is 15.9 Å². The molecule has 2 N–H and O–H groups in total. The highest BCUT2D eigenvalue weighted by Gasteiger charge is 2.12. The first kappa shape index (κ1) is 17.3. The highest BCUT2D eigenvalue weighted by Crippen LogP contribution is 2.36. The van der Waals surface area contributed by atoms with Gasteiger partial charge in [-0.25, -0.2) is 0 Å². The Labute approximate surface area is 129 Å². The average Bonchev–Trinajstić information content (AvgIpc) is 2.46. The van der Waals surface area contributed by atoms with Crippen molar-refractivity contribution in [2.45, 2.75) is 39.3 Å². The Morgan fingerprint density at radius 1 is 1.35 bits per heavy atom. The largest absolute Gasteiger partial charge is 0.493 e. The van der Waals surface area contributed by atoms with E-state index in [0.717, 1.165) is 34.4 Å². The Morgan fingerprint density at radius 2 is 2.10 bits per heavy atom. The number of rotatable bonds is 9. The van der Waals surface area contributed by atoms with Crippen molar-refractivity contribution in [2.24, 2.45) is 0 Å². The Kier molecular flexibility index (Phi) is 7.95. The van der Waals surface area contributed by atoms with Crippen LogP contribution in [0.25, 0.3) is 0 Å². The van der Waals surface area contributed by atoms with Crippen molar-refractivity contribution in [2.75, 3.05) is 20.3 Å². The lowest BCUT2D eigenvalue weighted by Crippen LogP contribution is -2.31. The molecule has 114 valence electrons. The van der Waals surface area contributed by atoms with Crippen LogP contribution in [-0.4, -0.2) is 31.5 Å². The monoisotopic (exact) mass is 345 g/mol. The smallest absolute Gasteiger partial charge is 0.175 e. The predicted molar refractivity (Wildman–Crippen MR) is 84.5 cm³/mol. The second kappa shape index (κ2) is 9.21. The lowest BCUT2D eigenvalue weighted by molar-refractivity contribution is 0.238. The summed E-state index contributed by atoms with van der Waals surface area (Å²) in [5.74, 6) is 1.47. The standard InChI is InChI=1S/C15H24BrNO3/c1-4-6-20-15-13(16)7-11(8-14(15)19-3)9-17-12(5-2)10-18/h7-8,12,17-18H,4-6,9-10H2,1-3H3/t12-/m1/s1. The molecule has 0 fully saturated rings. The summed E-state index contributed by atoms with van der Waals surface area (Å²) in [6.07, 6.45) is 1.85. The molecule has 1 aromatic rings. The number of ether oxygens (including phenoxy) is 2. The van der Waals surface area contributed by atoms with E-state index < -0.39 is 0 Å². The lowest BCUT2D eigenvalue weighted by Gasteiger charge is -2.17. The van der Waals surface area contributed by atoms with Crippen molar-refractivity contribution in [3.8, 4) is 11.5 Å². The third-order valence-electron chi connectivity index (χ3n) is 3.05. The number of aliphatic hydroxyl groups is 1. The van der Waals surface area contributed by atoms with E-state index in [1.54, 1.807) is 7.11 Å². The van der Waals surface area contributed by atoms with Gasteiger partial charge in [0.1, 0.15) is 0 Å². The molecule has 0 heterocycles. The fraction of sp³-hybridized carbons (Fsp3) is 0.600.